The number of nitrogens with two attached hydrogens (primary N) is 1. The number of likely N-dealkylation sites (tertiary alicyclic amines) is 1. The van der Waals surface area contributed by atoms with Crippen molar-refractivity contribution in [2.45, 2.75) is 25.9 Å². The minimum absolute atomic E-state index is 0.145. The van der Waals surface area contributed by atoms with E-state index >= 15 is 0 Å². The molecule has 104 valence electrons. The van der Waals surface area contributed by atoms with Gasteiger partial charge in [-0.25, -0.2) is 0 Å². The average Bonchev–Trinajstić information content (AvgIpc) is 2.72. The Morgan fingerprint density at radius 3 is 2.89 bits per heavy atom. The van der Waals surface area contributed by atoms with E-state index in [0.717, 1.165) is 0 Å². The van der Waals surface area contributed by atoms with E-state index in [-0.39, 0.29) is 5.91 Å². The van der Waals surface area contributed by atoms with Crippen LogP contribution in [0.5, 0.6) is 5.75 Å². The highest BCUT2D eigenvalue weighted by atomic mass is 16.5. The van der Waals surface area contributed by atoms with E-state index in [1.165, 1.54) is 0 Å². The molecule has 1 atom stereocenters. The van der Waals surface area contributed by atoms with Crippen LogP contribution in [0.15, 0.2) is 18.2 Å². The van der Waals surface area contributed by atoms with E-state index in [9.17, 15) is 9.90 Å². The highest BCUT2D eigenvalue weighted by Crippen LogP contribution is 2.30. The fraction of sp³-hybridized carbons (Fsp3) is 0.500. The normalized spacial score (nSPS) is 22.6. The molecule has 0 saturated carbocycles. The molecule has 1 saturated heterocycles. The van der Waals surface area contributed by atoms with Gasteiger partial charge < -0.3 is 20.5 Å². The summed E-state index contributed by atoms with van der Waals surface area (Å²) in [6.45, 7) is 4.93. The molecule has 1 aromatic carbocycles. The predicted octanol–water partition coefficient (Wildman–Crippen LogP) is 1.26. The Morgan fingerprint density at radius 2 is 2.32 bits per heavy atom. The molecule has 5 heteroatoms. The van der Waals surface area contributed by atoms with Crippen molar-refractivity contribution in [2.75, 3.05) is 25.4 Å². The largest absolute Gasteiger partial charge is 0.491 e. The summed E-state index contributed by atoms with van der Waals surface area (Å²) in [6, 6.07) is 5.15. The summed E-state index contributed by atoms with van der Waals surface area (Å²) in [5.74, 6) is 0.287. The van der Waals surface area contributed by atoms with Gasteiger partial charge in [0, 0.05) is 13.1 Å². The fourth-order valence-electron chi connectivity index (χ4n) is 2.32. The Kier molecular flexibility index (Phi) is 3.66. The molecule has 1 fully saturated rings. The summed E-state index contributed by atoms with van der Waals surface area (Å²) in [5.41, 5.74) is 5.96. The van der Waals surface area contributed by atoms with Crippen molar-refractivity contribution in [1.29, 1.82) is 0 Å². The topological polar surface area (TPSA) is 75.8 Å². The number of β-amino-alcohol motifs (C(OH)–C–C–N with tert-alkyl or cyclic N) is 1. The van der Waals surface area contributed by atoms with Crippen molar-refractivity contribution in [1.82, 2.24) is 4.90 Å². The zero-order valence-electron chi connectivity index (χ0n) is 11.3. The van der Waals surface area contributed by atoms with Gasteiger partial charge in [0.05, 0.1) is 23.5 Å². The van der Waals surface area contributed by atoms with Crippen molar-refractivity contribution in [3.63, 3.8) is 0 Å². The molecule has 0 aliphatic carbocycles. The summed E-state index contributed by atoms with van der Waals surface area (Å²) in [6.07, 6.45) is 0.588. The highest BCUT2D eigenvalue weighted by molar-refractivity contribution is 5.98. The molecule has 1 unspecified atom stereocenters. The molecule has 19 heavy (non-hydrogen) atoms. The zero-order chi connectivity index (χ0) is 14.0. The summed E-state index contributed by atoms with van der Waals surface area (Å²) in [4.78, 5) is 14.1. The minimum atomic E-state index is -0.804. The van der Waals surface area contributed by atoms with Gasteiger partial charge in [-0.15, -0.1) is 0 Å². The maximum Gasteiger partial charge on any atom is 0.257 e. The third kappa shape index (κ3) is 2.81. The molecular weight excluding hydrogens is 244 g/mol. The van der Waals surface area contributed by atoms with E-state index in [0.29, 0.717) is 43.1 Å². The minimum Gasteiger partial charge on any atom is -0.491 e. The van der Waals surface area contributed by atoms with Crippen LogP contribution in [0.1, 0.15) is 30.6 Å². The Balaban J connectivity index is 2.27. The lowest BCUT2D eigenvalue weighted by Gasteiger charge is -2.20. The lowest BCUT2D eigenvalue weighted by atomic mass is 10.1. The number of hydrogen-bond donors (Lipinski definition) is 2. The molecule has 3 N–H and O–H groups in total. The number of carbonyl (C=O) groups is 1. The number of aliphatic hydroxyl groups is 1. The first kappa shape index (κ1) is 13.7. The number of ether oxygens (including phenoxy) is 1. The molecule has 2 rings (SSSR count). The monoisotopic (exact) mass is 264 g/mol. The number of nitrogen functional groups attached to an aromatic ring is 1. The number of hydrogen-bond acceptors (Lipinski definition) is 4. The summed E-state index contributed by atoms with van der Waals surface area (Å²) in [5, 5.41) is 9.94. The van der Waals surface area contributed by atoms with Crippen LogP contribution in [0.3, 0.4) is 0 Å². The second-order valence-corrected chi connectivity index (χ2v) is 5.13. The zero-order valence-corrected chi connectivity index (χ0v) is 11.3. The predicted molar refractivity (Wildman–Crippen MR) is 73.2 cm³/mol. The van der Waals surface area contributed by atoms with Gasteiger partial charge in [-0.2, -0.15) is 0 Å². The molecule has 0 radical (unpaired) electrons. The molecule has 1 aliphatic heterocycles. The first-order valence-corrected chi connectivity index (χ1v) is 6.47. The second-order valence-electron chi connectivity index (χ2n) is 5.13. The van der Waals surface area contributed by atoms with Crippen molar-refractivity contribution >= 4 is 11.6 Å². The van der Waals surface area contributed by atoms with Crippen molar-refractivity contribution in [3.05, 3.63) is 23.8 Å². The summed E-state index contributed by atoms with van der Waals surface area (Å²) in [7, 11) is 0. The Hall–Kier alpha value is -1.75. The smallest absolute Gasteiger partial charge is 0.257 e. The summed E-state index contributed by atoms with van der Waals surface area (Å²) >= 11 is 0. The first-order chi connectivity index (χ1) is 8.94. The summed E-state index contributed by atoms with van der Waals surface area (Å²) < 4.78 is 5.47. The molecule has 1 aromatic rings. The van der Waals surface area contributed by atoms with Crippen LogP contribution in [0.25, 0.3) is 0 Å². The molecule has 0 bridgehead atoms. The van der Waals surface area contributed by atoms with Crippen LogP contribution >= 0.6 is 0 Å². The molecular formula is C14H20N2O3. The van der Waals surface area contributed by atoms with Gasteiger partial charge in [0.2, 0.25) is 0 Å². The van der Waals surface area contributed by atoms with Crippen LogP contribution < -0.4 is 10.5 Å². The van der Waals surface area contributed by atoms with Crippen molar-refractivity contribution in [2.24, 2.45) is 0 Å². The quantitative estimate of drug-likeness (QED) is 0.806. The lowest BCUT2D eigenvalue weighted by molar-refractivity contribution is 0.0570. The maximum absolute atomic E-state index is 12.5. The van der Waals surface area contributed by atoms with Gasteiger partial charge in [0.15, 0.2) is 5.75 Å². The van der Waals surface area contributed by atoms with Gasteiger partial charge in [0.1, 0.15) is 0 Å². The Morgan fingerprint density at radius 1 is 1.58 bits per heavy atom. The fourth-order valence-corrected chi connectivity index (χ4v) is 2.32. The molecule has 0 spiro atoms. The van der Waals surface area contributed by atoms with Gasteiger partial charge in [0.25, 0.3) is 5.91 Å². The first-order valence-electron chi connectivity index (χ1n) is 6.47. The third-order valence-corrected chi connectivity index (χ3v) is 3.30. The molecule has 1 heterocycles. The Bertz CT molecular complexity index is 486. The molecule has 1 aliphatic rings. The van der Waals surface area contributed by atoms with Crippen LogP contribution in [-0.4, -0.2) is 41.2 Å². The van der Waals surface area contributed by atoms with Crippen LogP contribution in [0.4, 0.5) is 5.69 Å². The number of rotatable bonds is 3. The number of anilines is 1. The number of nitrogens with zero attached hydrogens (tertiary/aromatic N) is 1. The van der Waals surface area contributed by atoms with E-state index in [4.69, 9.17) is 10.5 Å². The Labute approximate surface area is 113 Å². The van der Waals surface area contributed by atoms with Crippen molar-refractivity contribution < 1.29 is 14.6 Å². The van der Waals surface area contributed by atoms with E-state index in [2.05, 4.69) is 0 Å². The van der Waals surface area contributed by atoms with Crippen LogP contribution in [0, 0.1) is 0 Å². The average molecular weight is 264 g/mol. The van der Waals surface area contributed by atoms with Crippen LogP contribution in [0.2, 0.25) is 0 Å². The molecule has 1 amide bonds. The van der Waals surface area contributed by atoms with Gasteiger partial charge in [-0.1, -0.05) is 6.07 Å². The maximum atomic E-state index is 12.5. The van der Waals surface area contributed by atoms with Gasteiger partial charge >= 0.3 is 0 Å². The van der Waals surface area contributed by atoms with Gasteiger partial charge in [-0.05, 0) is 32.4 Å². The van der Waals surface area contributed by atoms with Gasteiger partial charge in [-0.3, -0.25) is 4.79 Å². The third-order valence-electron chi connectivity index (χ3n) is 3.30. The SMILES string of the molecule is CCOc1c(N)cccc1C(=O)N1CCC(C)(O)C1. The standard InChI is InChI=1S/C14H20N2O3/c1-3-19-12-10(5-4-6-11(12)15)13(17)16-8-7-14(2,18)9-16/h4-6,18H,3,7-9,15H2,1-2H3. The molecule has 5 nitrogen and oxygen atoms in total. The lowest BCUT2D eigenvalue weighted by Crippen LogP contribution is -2.34. The van der Waals surface area contributed by atoms with E-state index < -0.39 is 5.60 Å². The number of amides is 1. The van der Waals surface area contributed by atoms with Crippen molar-refractivity contribution in [3.8, 4) is 5.75 Å². The number of para-hydroxylation sites is 1. The van der Waals surface area contributed by atoms with E-state index in [1.807, 2.05) is 6.92 Å². The second kappa shape index (κ2) is 5.09. The number of carbonyl (C=O) groups excluding carboxylic acids is 1. The molecule has 0 aromatic heterocycles. The van der Waals surface area contributed by atoms with E-state index in [1.54, 1.807) is 30.0 Å². The number of benzene rings is 1. The highest BCUT2D eigenvalue weighted by Gasteiger charge is 2.35. The van der Waals surface area contributed by atoms with Crippen LogP contribution in [-0.2, 0) is 0 Å².